The smallest absolute Gasteiger partial charge is 0.262 e. The number of rotatable bonds is 5. The number of halogens is 1. The zero-order chi connectivity index (χ0) is 18.0. The zero-order valence-electron chi connectivity index (χ0n) is 13.5. The highest BCUT2D eigenvalue weighted by atomic mass is 35.5. The van der Waals surface area contributed by atoms with Gasteiger partial charge in [0.15, 0.2) is 0 Å². The Hall–Kier alpha value is -2.70. The molecule has 2 aromatic carbocycles. The van der Waals surface area contributed by atoms with Crippen LogP contribution in [0.1, 0.15) is 20.7 Å². The van der Waals surface area contributed by atoms with Gasteiger partial charge in [0.05, 0.1) is 35.1 Å². The second-order valence-electron chi connectivity index (χ2n) is 5.77. The Bertz CT molecular complexity index is 818. The van der Waals surface area contributed by atoms with E-state index in [-0.39, 0.29) is 30.9 Å². The van der Waals surface area contributed by atoms with Gasteiger partial charge in [0.2, 0.25) is 5.91 Å². The molecule has 3 amide bonds. The maximum absolute atomic E-state index is 12.3. The van der Waals surface area contributed by atoms with E-state index in [0.29, 0.717) is 21.8 Å². The van der Waals surface area contributed by atoms with Crippen LogP contribution in [0.5, 0.6) is 0 Å². The van der Waals surface area contributed by atoms with Gasteiger partial charge in [-0.25, -0.2) is 0 Å². The van der Waals surface area contributed by atoms with Crippen LogP contribution < -0.4 is 5.32 Å². The van der Waals surface area contributed by atoms with Crippen molar-refractivity contribution >= 4 is 35.0 Å². The first-order chi connectivity index (χ1) is 12.0. The lowest BCUT2D eigenvalue weighted by Crippen LogP contribution is -2.42. The molecular weight excluding hydrogens is 342 g/mol. The number of para-hydroxylation sites is 1. The predicted octanol–water partition coefficient (Wildman–Crippen LogP) is 2.46. The molecule has 0 unspecified atom stereocenters. The summed E-state index contributed by atoms with van der Waals surface area (Å²) >= 11 is 6.01. The number of carbonyl (C=O) groups excluding carboxylic acids is 3. The minimum atomic E-state index is -0.348. The number of benzene rings is 2. The normalized spacial score (nSPS) is 13.3. The fourth-order valence-corrected chi connectivity index (χ4v) is 2.84. The number of nitrogens with zero attached hydrogens (tertiary/aromatic N) is 2. The van der Waals surface area contributed by atoms with Crippen LogP contribution in [0.3, 0.4) is 0 Å². The highest BCUT2D eigenvalue weighted by Gasteiger charge is 2.35. The van der Waals surface area contributed by atoms with Gasteiger partial charge in [-0.1, -0.05) is 35.9 Å². The van der Waals surface area contributed by atoms with Gasteiger partial charge in [-0.2, -0.15) is 0 Å². The second kappa shape index (κ2) is 7.04. The summed E-state index contributed by atoms with van der Waals surface area (Å²) in [7, 11) is 1.66. The van der Waals surface area contributed by atoms with Crippen LogP contribution in [0.25, 0.3) is 0 Å². The molecule has 1 N–H and O–H groups in total. The van der Waals surface area contributed by atoms with Crippen molar-refractivity contribution in [1.82, 2.24) is 9.80 Å². The molecule has 1 heterocycles. The van der Waals surface area contributed by atoms with Crippen LogP contribution in [0.15, 0.2) is 48.5 Å². The van der Waals surface area contributed by atoms with Crippen molar-refractivity contribution < 1.29 is 14.4 Å². The Morgan fingerprint density at radius 2 is 1.60 bits per heavy atom. The van der Waals surface area contributed by atoms with E-state index in [1.165, 1.54) is 0 Å². The Kier molecular flexibility index (Phi) is 4.83. The Balaban J connectivity index is 1.61. The average molecular weight is 358 g/mol. The van der Waals surface area contributed by atoms with Gasteiger partial charge in [0.1, 0.15) is 0 Å². The number of carbonyl (C=O) groups is 3. The van der Waals surface area contributed by atoms with Gasteiger partial charge in [0.25, 0.3) is 11.8 Å². The first-order valence-electron chi connectivity index (χ1n) is 7.65. The standard InChI is InChI=1S/C18H16ClN3O3/c1-21(10-16(23)20-15-9-5-4-8-14(15)19)11-22-17(24)12-6-2-3-7-13(12)18(22)25/h2-9H,10-11H2,1H3,(H,20,23). The molecule has 1 aliphatic heterocycles. The van der Waals surface area contributed by atoms with E-state index in [0.717, 1.165) is 4.90 Å². The summed E-state index contributed by atoms with van der Waals surface area (Å²) in [6.07, 6.45) is 0. The molecule has 0 radical (unpaired) electrons. The van der Waals surface area contributed by atoms with Gasteiger partial charge in [0, 0.05) is 0 Å². The van der Waals surface area contributed by atoms with Crippen LogP contribution in [0.2, 0.25) is 5.02 Å². The fourth-order valence-electron chi connectivity index (χ4n) is 2.66. The molecule has 0 fully saturated rings. The minimum absolute atomic E-state index is 0.0125. The van der Waals surface area contributed by atoms with Crippen molar-refractivity contribution in [2.45, 2.75) is 0 Å². The Morgan fingerprint density at radius 3 is 2.20 bits per heavy atom. The molecule has 1 aliphatic rings. The molecule has 0 saturated carbocycles. The van der Waals surface area contributed by atoms with E-state index >= 15 is 0 Å². The number of hydrogen-bond donors (Lipinski definition) is 1. The summed E-state index contributed by atoms with van der Waals surface area (Å²) in [5.74, 6) is -0.981. The molecule has 7 heteroatoms. The van der Waals surface area contributed by atoms with E-state index in [2.05, 4.69) is 5.32 Å². The van der Waals surface area contributed by atoms with Crippen LogP contribution in [0, 0.1) is 0 Å². The molecule has 0 aromatic heterocycles. The molecule has 0 spiro atoms. The molecule has 0 bridgehead atoms. The summed E-state index contributed by atoms with van der Waals surface area (Å²) < 4.78 is 0. The highest BCUT2D eigenvalue weighted by molar-refractivity contribution is 6.33. The molecule has 0 saturated heterocycles. The van der Waals surface area contributed by atoms with E-state index < -0.39 is 0 Å². The van der Waals surface area contributed by atoms with Gasteiger partial charge < -0.3 is 5.32 Å². The van der Waals surface area contributed by atoms with Gasteiger partial charge in [-0.3, -0.25) is 24.2 Å². The number of anilines is 1. The Morgan fingerprint density at radius 1 is 1.04 bits per heavy atom. The van der Waals surface area contributed by atoms with Crippen molar-refractivity contribution in [3.63, 3.8) is 0 Å². The molecule has 3 rings (SSSR count). The molecule has 0 aliphatic carbocycles. The number of hydrogen-bond acceptors (Lipinski definition) is 4. The van der Waals surface area contributed by atoms with E-state index in [9.17, 15) is 14.4 Å². The van der Waals surface area contributed by atoms with Crippen LogP contribution in [-0.4, -0.2) is 47.8 Å². The fraction of sp³-hybridized carbons (Fsp3) is 0.167. The van der Waals surface area contributed by atoms with Crippen molar-refractivity contribution in [3.8, 4) is 0 Å². The summed E-state index contributed by atoms with van der Waals surface area (Å²) in [5.41, 5.74) is 1.30. The summed E-state index contributed by atoms with van der Waals surface area (Å²) in [6, 6.07) is 13.6. The monoisotopic (exact) mass is 357 g/mol. The third kappa shape index (κ3) is 3.55. The van der Waals surface area contributed by atoms with Crippen molar-refractivity contribution in [2.75, 3.05) is 25.6 Å². The lowest BCUT2D eigenvalue weighted by atomic mass is 10.1. The molecule has 25 heavy (non-hydrogen) atoms. The number of fused-ring (bicyclic) bond motifs is 1. The number of amides is 3. The quantitative estimate of drug-likeness (QED) is 0.834. The summed E-state index contributed by atoms with van der Waals surface area (Å²) in [5, 5.41) is 3.15. The minimum Gasteiger partial charge on any atom is -0.324 e. The van der Waals surface area contributed by atoms with E-state index in [1.807, 2.05) is 0 Å². The highest BCUT2D eigenvalue weighted by Crippen LogP contribution is 2.23. The molecule has 6 nitrogen and oxygen atoms in total. The summed E-state index contributed by atoms with van der Waals surface area (Å²) in [6.45, 7) is 0.0426. The predicted molar refractivity (Wildman–Crippen MR) is 94.5 cm³/mol. The van der Waals surface area contributed by atoms with Crippen LogP contribution in [-0.2, 0) is 4.79 Å². The van der Waals surface area contributed by atoms with Crippen molar-refractivity contribution in [2.24, 2.45) is 0 Å². The number of nitrogens with one attached hydrogen (secondary N) is 1. The Labute approximate surface area is 150 Å². The second-order valence-corrected chi connectivity index (χ2v) is 6.17. The number of imide groups is 1. The molecular formula is C18H16ClN3O3. The first kappa shape index (κ1) is 17.1. The number of likely N-dealkylation sites (N-methyl/N-ethyl adjacent to an activating group) is 1. The van der Waals surface area contributed by atoms with Gasteiger partial charge in [-0.15, -0.1) is 0 Å². The lowest BCUT2D eigenvalue weighted by molar-refractivity contribution is -0.117. The molecule has 2 aromatic rings. The topological polar surface area (TPSA) is 69.7 Å². The van der Waals surface area contributed by atoms with Gasteiger partial charge in [-0.05, 0) is 31.3 Å². The maximum atomic E-state index is 12.3. The molecule has 0 atom stereocenters. The molecule has 128 valence electrons. The van der Waals surface area contributed by atoms with Crippen molar-refractivity contribution in [3.05, 3.63) is 64.7 Å². The third-order valence-electron chi connectivity index (χ3n) is 3.82. The lowest BCUT2D eigenvalue weighted by Gasteiger charge is -2.22. The zero-order valence-corrected chi connectivity index (χ0v) is 14.3. The maximum Gasteiger partial charge on any atom is 0.262 e. The third-order valence-corrected chi connectivity index (χ3v) is 4.15. The van der Waals surface area contributed by atoms with Crippen LogP contribution in [0.4, 0.5) is 5.69 Å². The van der Waals surface area contributed by atoms with E-state index in [1.54, 1.807) is 60.5 Å². The largest absolute Gasteiger partial charge is 0.324 e. The average Bonchev–Trinajstić information content (AvgIpc) is 2.82. The SMILES string of the molecule is CN(CC(=O)Nc1ccccc1Cl)CN1C(=O)c2ccccc2C1=O. The van der Waals surface area contributed by atoms with E-state index in [4.69, 9.17) is 11.6 Å². The van der Waals surface area contributed by atoms with Crippen LogP contribution >= 0.6 is 11.6 Å². The first-order valence-corrected chi connectivity index (χ1v) is 8.03. The summed E-state index contributed by atoms with van der Waals surface area (Å²) in [4.78, 5) is 39.5. The van der Waals surface area contributed by atoms with Gasteiger partial charge >= 0.3 is 0 Å². The van der Waals surface area contributed by atoms with Crippen molar-refractivity contribution in [1.29, 1.82) is 0 Å².